The van der Waals surface area contributed by atoms with E-state index in [1.807, 2.05) is 56.3 Å². The summed E-state index contributed by atoms with van der Waals surface area (Å²) in [6.45, 7) is 5.77. The van der Waals surface area contributed by atoms with E-state index in [4.69, 9.17) is 0 Å². The highest BCUT2D eigenvalue weighted by Gasteiger charge is 2.36. The number of carboxylic acids is 1. The first-order valence-corrected chi connectivity index (χ1v) is 6.97. The molecule has 2 aromatic carbocycles. The smallest absolute Gasteiger partial charge is 0.328 e. The first-order chi connectivity index (χ1) is 9.47. The predicted octanol–water partition coefficient (Wildman–Crippen LogP) is 3.53. The zero-order valence-corrected chi connectivity index (χ0v) is 12.2. The second-order valence-corrected chi connectivity index (χ2v) is 5.45. The summed E-state index contributed by atoms with van der Waals surface area (Å²) >= 11 is 0. The quantitative estimate of drug-likeness (QED) is 0.874. The van der Waals surface area contributed by atoms with Gasteiger partial charge in [0.25, 0.3) is 0 Å². The molecule has 2 aromatic rings. The molecule has 3 heteroatoms. The van der Waals surface area contributed by atoms with Crippen molar-refractivity contribution in [1.82, 2.24) is 5.32 Å². The Kier molecular flexibility index (Phi) is 4.09. The molecule has 0 spiro atoms. The molecule has 106 valence electrons. The molecular formula is C17H21NO2. The Morgan fingerprint density at radius 3 is 2.50 bits per heavy atom. The fourth-order valence-corrected chi connectivity index (χ4v) is 2.36. The maximum Gasteiger partial charge on any atom is 0.328 e. The summed E-state index contributed by atoms with van der Waals surface area (Å²) in [4.78, 5) is 11.7. The molecule has 0 radical (unpaired) electrons. The molecule has 2 unspecified atom stereocenters. The van der Waals surface area contributed by atoms with E-state index in [9.17, 15) is 9.90 Å². The van der Waals surface area contributed by atoms with Crippen molar-refractivity contribution < 1.29 is 9.90 Å². The number of hydrogen-bond donors (Lipinski definition) is 2. The molecule has 0 amide bonds. The molecule has 3 nitrogen and oxygen atoms in total. The lowest BCUT2D eigenvalue weighted by molar-refractivity contribution is -0.145. The summed E-state index contributed by atoms with van der Waals surface area (Å²) in [5.74, 6) is -0.854. The van der Waals surface area contributed by atoms with Gasteiger partial charge in [-0.25, -0.2) is 4.79 Å². The van der Waals surface area contributed by atoms with Crippen molar-refractivity contribution >= 4 is 16.7 Å². The minimum absolute atomic E-state index is 0.141. The molecule has 0 aromatic heterocycles. The Bertz CT molecular complexity index is 623. The van der Waals surface area contributed by atoms with Crippen LogP contribution in [0, 0.1) is 0 Å². The van der Waals surface area contributed by atoms with E-state index in [-0.39, 0.29) is 6.04 Å². The van der Waals surface area contributed by atoms with E-state index < -0.39 is 11.5 Å². The number of benzene rings is 2. The highest BCUT2D eigenvalue weighted by atomic mass is 16.4. The highest BCUT2D eigenvalue weighted by molar-refractivity contribution is 5.86. The first-order valence-electron chi connectivity index (χ1n) is 6.97. The van der Waals surface area contributed by atoms with Crippen LogP contribution < -0.4 is 5.32 Å². The Balaban J connectivity index is 2.48. The van der Waals surface area contributed by atoms with Gasteiger partial charge in [-0.05, 0) is 42.7 Å². The maximum atomic E-state index is 11.7. The molecule has 0 fully saturated rings. The lowest BCUT2D eigenvalue weighted by Gasteiger charge is -2.30. The topological polar surface area (TPSA) is 49.3 Å². The van der Waals surface area contributed by atoms with Gasteiger partial charge in [0.1, 0.15) is 5.54 Å². The van der Waals surface area contributed by atoms with Crippen LogP contribution in [-0.4, -0.2) is 17.1 Å². The van der Waals surface area contributed by atoms with Crippen molar-refractivity contribution in [3.05, 3.63) is 48.0 Å². The standard InChI is InChI=1S/C17H21NO2/c1-4-12(2)18-17(3,16(19)20)15-10-9-13-7-5-6-8-14(13)11-15/h5-12,18H,4H2,1-3H3,(H,19,20). The van der Waals surface area contributed by atoms with Crippen LogP contribution in [0.3, 0.4) is 0 Å². The molecule has 0 aliphatic rings. The van der Waals surface area contributed by atoms with E-state index in [2.05, 4.69) is 5.32 Å². The van der Waals surface area contributed by atoms with Crippen LogP contribution in [0.1, 0.15) is 32.8 Å². The number of fused-ring (bicyclic) bond motifs is 1. The fraction of sp³-hybridized carbons (Fsp3) is 0.353. The van der Waals surface area contributed by atoms with Crippen LogP contribution in [-0.2, 0) is 10.3 Å². The predicted molar refractivity (Wildman–Crippen MR) is 81.8 cm³/mol. The minimum Gasteiger partial charge on any atom is -0.480 e. The summed E-state index contributed by atoms with van der Waals surface area (Å²) in [7, 11) is 0. The van der Waals surface area contributed by atoms with Gasteiger partial charge in [0.2, 0.25) is 0 Å². The van der Waals surface area contributed by atoms with Gasteiger partial charge in [0.15, 0.2) is 0 Å². The number of carbonyl (C=O) groups is 1. The molecule has 2 N–H and O–H groups in total. The number of hydrogen-bond acceptors (Lipinski definition) is 2. The summed E-state index contributed by atoms with van der Waals surface area (Å²) in [6.07, 6.45) is 0.885. The average molecular weight is 271 g/mol. The lowest BCUT2D eigenvalue weighted by Crippen LogP contribution is -2.50. The van der Waals surface area contributed by atoms with Crippen LogP contribution in [0.25, 0.3) is 10.8 Å². The van der Waals surface area contributed by atoms with E-state index in [0.29, 0.717) is 0 Å². The molecule has 2 rings (SSSR count). The van der Waals surface area contributed by atoms with Crippen LogP contribution in [0.4, 0.5) is 0 Å². The van der Waals surface area contributed by atoms with Crippen LogP contribution in [0.15, 0.2) is 42.5 Å². The summed E-state index contributed by atoms with van der Waals surface area (Å²) in [5.41, 5.74) is -0.289. The fourth-order valence-electron chi connectivity index (χ4n) is 2.36. The number of nitrogens with one attached hydrogen (secondary N) is 1. The Morgan fingerprint density at radius 2 is 1.90 bits per heavy atom. The first kappa shape index (κ1) is 14.5. The minimum atomic E-state index is -1.07. The van der Waals surface area contributed by atoms with Crippen LogP contribution >= 0.6 is 0 Å². The SMILES string of the molecule is CCC(C)NC(C)(C(=O)O)c1ccc2ccccc2c1. The third-order valence-electron chi connectivity index (χ3n) is 3.90. The molecule has 20 heavy (non-hydrogen) atoms. The molecule has 0 saturated heterocycles. The van der Waals surface area contributed by atoms with Gasteiger partial charge >= 0.3 is 5.97 Å². The second kappa shape index (κ2) is 5.63. The largest absolute Gasteiger partial charge is 0.480 e. The molecule has 0 aliphatic carbocycles. The monoisotopic (exact) mass is 271 g/mol. The Morgan fingerprint density at radius 1 is 1.25 bits per heavy atom. The summed E-state index contributed by atoms with van der Waals surface area (Å²) in [6, 6.07) is 13.9. The van der Waals surface area contributed by atoms with E-state index in [0.717, 1.165) is 22.8 Å². The van der Waals surface area contributed by atoms with Crippen LogP contribution in [0.5, 0.6) is 0 Å². The molecular weight excluding hydrogens is 250 g/mol. The molecule has 2 atom stereocenters. The third-order valence-corrected chi connectivity index (χ3v) is 3.90. The second-order valence-electron chi connectivity index (χ2n) is 5.45. The van der Waals surface area contributed by atoms with Gasteiger partial charge < -0.3 is 5.11 Å². The number of aliphatic carboxylic acids is 1. The van der Waals surface area contributed by atoms with Crippen molar-refractivity contribution in [1.29, 1.82) is 0 Å². The van der Waals surface area contributed by atoms with Crippen molar-refractivity contribution in [3.8, 4) is 0 Å². The number of carboxylic acid groups (broad SMARTS) is 1. The maximum absolute atomic E-state index is 11.7. The van der Waals surface area contributed by atoms with E-state index >= 15 is 0 Å². The van der Waals surface area contributed by atoms with Crippen molar-refractivity contribution in [2.45, 2.75) is 38.8 Å². The third kappa shape index (κ3) is 2.68. The van der Waals surface area contributed by atoms with Crippen molar-refractivity contribution in [2.75, 3.05) is 0 Å². The Labute approximate surface area is 119 Å². The van der Waals surface area contributed by atoms with Gasteiger partial charge in [-0.1, -0.05) is 43.3 Å². The van der Waals surface area contributed by atoms with Crippen molar-refractivity contribution in [3.63, 3.8) is 0 Å². The highest BCUT2D eigenvalue weighted by Crippen LogP contribution is 2.26. The van der Waals surface area contributed by atoms with Gasteiger partial charge in [0, 0.05) is 6.04 Å². The molecule has 0 bridgehead atoms. The van der Waals surface area contributed by atoms with Gasteiger partial charge in [0.05, 0.1) is 0 Å². The summed E-state index contributed by atoms with van der Waals surface area (Å²) in [5, 5.41) is 15.0. The normalized spacial score (nSPS) is 15.8. The van der Waals surface area contributed by atoms with E-state index in [1.165, 1.54) is 0 Å². The van der Waals surface area contributed by atoms with E-state index in [1.54, 1.807) is 6.92 Å². The average Bonchev–Trinajstić information content (AvgIpc) is 2.46. The zero-order valence-electron chi connectivity index (χ0n) is 12.2. The molecule has 0 aliphatic heterocycles. The van der Waals surface area contributed by atoms with Gasteiger partial charge in [-0.2, -0.15) is 0 Å². The number of rotatable bonds is 5. The van der Waals surface area contributed by atoms with Gasteiger partial charge in [-0.3, -0.25) is 5.32 Å². The summed E-state index contributed by atoms with van der Waals surface area (Å²) < 4.78 is 0. The van der Waals surface area contributed by atoms with Crippen molar-refractivity contribution in [2.24, 2.45) is 0 Å². The zero-order chi connectivity index (χ0) is 14.8. The van der Waals surface area contributed by atoms with Crippen LogP contribution in [0.2, 0.25) is 0 Å². The lowest BCUT2D eigenvalue weighted by atomic mass is 9.89. The molecule has 0 heterocycles. The Hall–Kier alpha value is -1.87. The van der Waals surface area contributed by atoms with Gasteiger partial charge in [-0.15, -0.1) is 0 Å². The molecule has 0 saturated carbocycles.